The van der Waals surface area contributed by atoms with Crippen LogP contribution in [0.2, 0.25) is 0 Å². The average Bonchev–Trinajstić information content (AvgIpc) is 2.68. The van der Waals surface area contributed by atoms with Gasteiger partial charge in [-0.1, -0.05) is 0 Å². The lowest BCUT2D eigenvalue weighted by Gasteiger charge is -2.27. The number of rotatable bonds is 3. The van der Waals surface area contributed by atoms with Crippen LogP contribution >= 0.6 is 0 Å². The fourth-order valence-corrected chi connectivity index (χ4v) is 1.40. The largest absolute Gasteiger partial charge is 0.358 e. The molecule has 2 heteroatoms. The molecule has 0 unspecified atom stereocenters. The maximum absolute atomic E-state index is 7.82. The molecular weight excluding hydrogens is 136 g/mol. The summed E-state index contributed by atoms with van der Waals surface area (Å²) in [6.45, 7) is 7.41. The maximum atomic E-state index is 7.82. The van der Waals surface area contributed by atoms with Gasteiger partial charge in [0, 0.05) is 18.5 Å². The average molecular weight is 154 g/mol. The van der Waals surface area contributed by atoms with E-state index in [1.807, 2.05) is 0 Å². The lowest BCUT2D eigenvalue weighted by Crippen LogP contribution is -2.37. The molecule has 1 saturated carbocycles. The third-order valence-corrected chi connectivity index (χ3v) is 2.24. The second-order valence-electron chi connectivity index (χ2n) is 3.54. The van der Waals surface area contributed by atoms with Gasteiger partial charge < -0.3 is 4.90 Å². The highest BCUT2D eigenvalue weighted by Crippen LogP contribution is 2.31. The minimum Gasteiger partial charge on any atom is -0.358 e. The monoisotopic (exact) mass is 154 g/mol. The quantitative estimate of drug-likeness (QED) is 0.489. The number of amidine groups is 1. The zero-order valence-corrected chi connectivity index (χ0v) is 7.72. The summed E-state index contributed by atoms with van der Waals surface area (Å²) in [5.41, 5.74) is 0. The van der Waals surface area contributed by atoms with Crippen molar-refractivity contribution in [1.82, 2.24) is 4.90 Å². The Balaban J connectivity index is 2.45. The molecule has 0 heterocycles. The van der Waals surface area contributed by atoms with Crippen molar-refractivity contribution in [1.29, 1.82) is 5.41 Å². The highest BCUT2D eigenvalue weighted by Gasteiger charge is 2.30. The van der Waals surface area contributed by atoms with Crippen molar-refractivity contribution in [3.8, 4) is 0 Å². The van der Waals surface area contributed by atoms with Crippen LogP contribution in [0.25, 0.3) is 0 Å². The van der Waals surface area contributed by atoms with E-state index in [0.717, 1.165) is 12.4 Å². The molecule has 0 radical (unpaired) electrons. The van der Waals surface area contributed by atoms with Gasteiger partial charge in [0.25, 0.3) is 0 Å². The third-order valence-electron chi connectivity index (χ3n) is 2.24. The highest BCUT2D eigenvalue weighted by molar-refractivity contribution is 5.83. The molecule has 0 atom stereocenters. The summed E-state index contributed by atoms with van der Waals surface area (Å²) in [4.78, 5) is 2.18. The van der Waals surface area contributed by atoms with E-state index in [4.69, 9.17) is 5.41 Å². The summed E-state index contributed by atoms with van der Waals surface area (Å²) in [5.74, 6) is 1.46. The van der Waals surface area contributed by atoms with Gasteiger partial charge in [-0.15, -0.1) is 0 Å². The molecule has 2 nitrogen and oxygen atoms in total. The number of nitrogens with one attached hydrogen (secondary N) is 1. The molecule has 1 N–H and O–H groups in total. The van der Waals surface area contributed by atoms with Crippen LogP contribution in [0.1, 0.15) is 33.6 Å². The van der Waals surface area contributed by atoms with Crippen LogP contribution in [0, 0.1) is 11.3 Å². The predicted octanol–water partition coefficient (Wildman–Crippen LogP) is 2.10. The van der Waals surface area contributed by atoms with Gasteiger partial charge in [0.15, 0.2) is 0 Å². The Morgan fingerprint density at radius 3 is 2.36 bits per heavy atom. The Bertz CT molecular complexity index is 148. The van der Waals surface area contributed by atoms with Gasteiger partial charge in [-0.3, -0.25) is 5.41 Å². The summed E-state index contributed by atoms with van der Waals surface area (Å²) in [6.07, 6.45) is 2.48. The molecule has 0 aromatic heterocycles. The summed E-state index contributed by atoms with van der Waals surface area (Å²) >= 11 is 0. The Labute approximate surface area is 69.1 Å². The first-order valence-electron chi connectivity index (χ1n) is 4.52. The van der Waals surface area contributed by atoms with Crippen molar-refractivity contribution in [3.63, 3.8) is 0 Å². The van der Waals surface area contributed by atoms with Gasteiger partial charge in [-0.05, 0) is 33.6 Å². The molecule has 0 aromatic rings. The van der Waals surface area contributed by atoms with Crippen LogP contribution in [0.15, 0.2) is 0 Å². The normalized spacial score (nSPS) is 17.1. The van der Waals surface area contributed by atoms with Gasteiger partial charge in [0.2, 0.25) is 0 Å². The van der Waals surface area contributed by atoms with Crippen molar-refractivity contribution >= 4 is 5.84 Å². The van der Waals surface area contributed by atoms with E-state index in [1.54, 1.807) is 0 Å². The Morgan fingerprint density at radius 2 is 2.09 bits per heavy atom. The number of nitrogens with zero attached hydrogens (tertiary/aromatic N) is 1. The second-order valence-corrected chi connectivity index (χ2v) is 3.54. The number of hydrogen-bond acceptors (Lipinski definition) is 1. The molecule has 1 fully saturated rings. The minimum atomic E-state index is 0.494. The second kappa shape index (κ2) is 3.24. The van der Waals surface area contributed by atoms with Gasteiger partial charge >= 0.3 is 0 Å². The summed E-state index contributed by atoms with van der Waals surface area (Å²) < 4.78 is 0. The molecule has 0 saturated heterocycles. The standard InChI is InChI=1S/C9H18N2/c1-4-11(7(2)3)9(10)8-5-6-8/h7-8,10H,4-6H2,1-3H3. The fourth-order valence-electron chi connectivity index (χ4n) is 1.40. The van der Waals surface area contributed by atoms with Crippen molar-refractivity contribution in [3.05, 3.63) is 0 Å². The Hall–Kier alpha value is -0.530. The van der Waals surface area contributed by atoms with Crippen LogP contribution in [-0.2, 0) is 0 Å². The summed E-state index contributed by atoms with van der Waals surface area (Å²) in [5, 5.41) is 7.82. The van der Waals surface area contributed by atoms with Gasteiger partial charge in [-0.2, -0.15) is 0 Å². The third kappa shape index (κ3) is 1.95. The lowest BCUT2D eigenvalue weighted by atomic mass is 10.2. The molecule has 1 aliphatic carbocycles. The Kier molecular flexibility index (Phi) is 2.53. The molecule has 0 amide bonds. The zero-order valence-electron chi connectivity index (χ0n) is 7.72. The van der Waals surface area contributed by atoms with Crippen LogP contribution in [0.3, 0.4) is 0 Å². The van der Waals surface area contributed by atoms with Crippen molar-refractivity contribution in [2.24, 2.45) is 5.92 Å². The van der Waals surface area contributed by atoms with E-state index in [2.05, 4.69) is 25.7 Å². The first-order valence-corrected chi connectivity index (χ1v) is 4.52. The molecule has 0 spiro atoms. The maximum Gasteiger partial charge on any atom is 0.0991 e. The fraction of sp³-hybridized carbons (Fsp3) is 0.889. The van der Waals surface area contributed by atoms with Crippen molar-refractivity contribution in [2.75, 3.05) is 6.54 Å². The van der Waals surface area contributed by atoms with Crippen molar-refractivity contribution in [2.45, 2.75) is 39.7 Å². The van der Waals surface area contributed by atoms with E-state index in [-0.39, 0.29) is 0 Å². The van der Waals surface area contributed by atoms with Gasteiger partial charge in [0.05, 0.1) is 5.84 Å². The molecule has 0 aliphatic heterocycles. The molecule has 1 aliphatic rings. The van der Waals surface area contributed by atoms with E-state index in [9.17, 15) is 0 Å². The van der Waals surface area contributed by atoms with Crippen LogP contribution in [-0.4, -0.2) is 23.3 Å². The Morgan fingerprint density at radius 1 is 1.55 bits per heavy atom. The van der Waals surface area contributed by atoms with E-state index < -0.39 is 0 Å². The van der Waals surface area contributed by atoms with Crippen molar-refractivity contribution < 1.29 is 0 Å². The molecule has 1 rings (SSSR count). The molecule has 0 bridgehead atoms. The summed E-state index contributed by atoms with van der Waals surface area (Å²) in [7, 11) is 0. The van der Waals surface area contributed by atoms with E-state index in [0.29, 0.717) is 12.0 Å². The van der Waals surface area contributed by atoms with Crippen LogP contribution in [0.4, 0.5) is 0 Å². The zero-order chi connectivity index (χ0) is 8.43. The SMILES string of the molecule is CCN(C(=N)C1CC1)C(C)C. The first kappa shape index (κ1) is 8.57. The molecule has 64 valence electrons. The molecular formula is C9H18N2. The smallest absolute Gasteiger partial charge is 0.0991 e. The van der Waals surface area contributed by atoms with Crippen LogP contribution < -0.4 is 0 Å². The van der Waals surface area contributed by atoms with Gasteiger partial charge in [0.1, 0.15) is 0 Å². The highest BCUT2D eigenvalue weighted by atomic mass is 15.2. The van der Waals surface area contributed by atoms with Crippen LogP contribution in [0.5, 0.6) is 0 Å². The molecule has 11 heavy (non-hydrogen) atoms. The number of hydrogen-bond donors (Lipinski definition) is 1. The topological polar surface area (TPSA) is 27.1 Å². The van der Waals surface area contributed by atoms with E-state index >= 15 is 0 Å². The minimum absolute atomic E-state index is 0.494. The first-order chi connectivity index (χ1) is 5.16. The lowest BCUT2D eigenvalue weighted by molar-refractivity contribution is 0.355. The molecule has 0 aromatic carbocycles. The van der Waals surface area contributed by atoms with E-state index in [1.165, 1.54) is 12.8 Å². The summed E-state index contributed by atoms with van der Waals surface area (Å²) in [6, 6.07) is 0.494. The predicted molar refractivity (Wildman–Crippen MR) is 48.0 cm³/mol. The van der Waals surface area contributed by atoms with Gasteiger partial charge in [-0.25, -0.2) is 0 Å².